The highest BCUT2D eigenvalue weighted by Gasteiger charge is 2.31. The van der Waals surface area contributed by atoms with Crippen LogP contribution in [-0.2, 0) is 6.18 Å². The Morgan fingerprint density at radius 1 is 1.00 bits per heavy atom. The van der Waals surface area contributed by atoms with Crippen molar-refractivity contribution in [3.8, 4) is 0 Å². The van der Waals surface area contributed by atoms with Crippen LogP contribution in [0.15, 0.2) is 34.6 Å². The van der Waals surface area contributed by atoms with Crippen molar-refractivity contribution in [1.82, 2.24) is 15.0 Å². The summed E-state index contributed by atoms with van der Waals surface area (Å²) in [5.74, 6) is 0. The number of H-pyrrole nitrogens is 1. The maximum Gasteiger partial charge on any atom is 0.417 e. The Bertz CT molecular complexity index is 856. The van der Waals surface area contributed by atoms with Crippen molar-refractivity contribution < 1.29 is 13.2 Å². The molecule has 0 unspecified atom stereocenters. The van der Waals surface area contributed by atoms with Crippen molar-refractivity contribution in [2.75, 3.05) is 0 Å². The lowest BCUT2D eigenvalue weighted by Gasteiger charge is -2.07. The Labute approximate surface area is 147 Å². The molecule has 1 N–H and O–H groups in total. The van der Waals surface area contributed by atoms with E-state index in [4.69, 9.17) is 34.8 Å². The highest BCUT2D eigenvalue weighted by Crippen LogP contribution is 2.36. The van der Waals surface area contributed by atoms with Gasteiger partial charge in [-0.3, -0.25) is 0 Å². The van der Waals surface area contributed by atoms with Gasteiger partial charge in [-0.2, -0.15) is 13.2 Å². The van der Waals surface area contributed by atoms with Gasteiger partial charge in [0.25, 0.3) is 0 Å². The molecule has 0 spiro atoms. The Kier molecular flexibility index (Phi) is 4.39. The molecule has 3 rings (SSSR count). The molecule has 10 heteroatoms. The number of aromatic nitrogens is 3. The standard InChI is InChI=1S/C13H5Cl3F3N3S/c14-6-2-9-10(3-7(6)15)22-12(21-9)23-11-8(16)1-5(4-20-11)13(17,18)19/h1-4H,(H,21,22). The minimum atomic E-state index is -4.49. The first-order valence-electron chi connectivity index (χ1n) is 5.99. The third kappa shape index (κ3) is 3.52. The summed E-state index contributed by atoms with van der Waals surface area (Å²) in [5, 5.41) is 1.22. The number of benzene rings is 1. The maximum absolute atomic E-state index is 12.6. The number of fused-ring (bicyclic) bond motifs is 1. The highest BCUT2D eigenvalue weighted by molar-refractivity contribution is 7.99. The first kappa shape index (κ1) is 16.7. The van der Waals surface area contributed by atoms with E-state index in [1.165, 1.54) is 0 Å². The van der Waals surface area contributed by atoms with Gasteiger partial charge in [-0.1, -0.05) is 34.8 Å². The molecular formula is C13H5Cl3F3N3S. The molecule has 0 fully saturated rings. The van der Waals surface area contributed by atoms with E-state index in [0.29, 0.717) is 26.2 Å². The molecular weight excluding hydrogens is 394 g/mol. The second kappa shape index (κ2) is 6.05. The van der Waals surface area contributed by atoms with Crippen LogP contribution in [-0.4, -0.2) is 15.0 Å². The average molecular weight is 399 g/mol. The second-order valence-electron chi connectivity index (χ2n) is 4.44. The van der Waals surface area contributed by atoms with Crippen molar-refractivity contribution in [2.24, 2.45) is 0 Å². The van der Waals surface area contributed by atoms with E-state index >= 15 is 0 Å². The third-order valence-corrected chi connectivity index (χ3v) is 4.86. The van der Waals surface area contributed by atoms with Gasteiger partial charge in [0.05, 0.1) is 31.7 Å². The minimum absolute atomic E-state index is 0.110. The van der Waals surface area contributed by atoms with Crippen molar-refractivity contribution in [3.05, 3.63) is 45.0 Å². The van der Waals surface area contributed by atoms with Crippen LogP contribution < -0.4 is 0 Å². The normalized spacial score (nSPS) is 12.1. The summed E-state index contributed by atoms with van der Waals surface area (Å²) in [5.41, 5.74) is 0.310. The van der Waals surface area contributed by atoms with E-state index in [1.807, 2.05) is 0 Å². The summed E-state index contributed by atoms with van der Waals surface area (Å²) >= 11 is 18.7. The number of pyridine rings is 1. The molecule has 0 aliphatic rings. The number of alkyl halides is 3. The Morgan fingerprint density at radius 3 is 2.35 bits per heavy atom. The topological polar surface area (TPSA) is 41.6 Å². The van der Waals surface area contributed by atoms with E-state index in [0.717, 1.165) is 24.0 Å². The fourth-order valence-electron chi connectivity index (χ4n) is 1.78. The molecule has 3 aromatic rings. The number of nitrogens with one attached hydrogen (secondary N) is 1. The van der Waals surface area contributed by atoms with Crippen molar-refractivity contribution >= 4 is 57.6 Å². The van der Waals surface area contributed by atoms with Gasteiger partial charge in [-0.05, 0) is 30.0 Å². The lowest BCUT2D eigenvalue weighted by Crippen LogP contribution is -2.05. The molecule has 0 aliphatic heterocycles. The van der Waals surface area contributed by atoms with Crippen LogP contribution in [0.2, 0.25) is 15.1 Å². The number of hydrogen-bond donors (Lipinski definition) is 1. The molecule has 23 heavy (non-hydrogen) atoms. The molecule has 0 atom stereocenters. The summed E-state index contributed by atoms with van der Waals surface area (Å²) in [6, 6.07) is 4.02. The van der Waals surface area contributed by atoms with Gasteiger partial charge in [0, 0.05) is 6.20 Å². The lowest BCUT2D eigenvalue weighted by molar-refractivity contribution is -0.137. The molecule has 0 radical (unpaired) electrons. The lowest BCUT2D eigenvalue weighted by atomic mass is 10.3. The van der Waals surface area contributed by atoms with E-state index in [-0.39, 0.29) is 10.0 Å². The number of hydrogen-bond acceptors (Lipinski definition) is 3. The van der Waals surface area contributed by atoms with Crippen molar-refractivity contribution in [2.45, 2.75) is 16.4 Å². The summed E-state index contributed by atoms with van der Waals surface area (Å²) in [4.78, 5) is 11.0. The molecule has 2 aromatic heterocycles. The fourth-order valence-corrected chi connectivity index (χ4v) is 3.13. The Morgan fingerprint density at radius 2 is 1.70 bits per heavy atom. The molecule has 0 saturated carbocycles. The molecule has 0 saturated heterocycles. The zero-order valence-electron chi connectivity index (χ0n) is 10.9. The highest BCUT2D eigenvalue weighted by atomic mass is 35.5. The van der Waals surface area contributed by atoms with Crippen LogP contribution in [0, 0.1) is 0 Å². The fraction of sp³-hybridized carbons (Fsp3) is 0.0769. The van der Waals surface area contributed by atoms with E-state index in [1.54, 1.807) is 12.1 Å². The monoisotopic (exact) mass is 397 g/mol. The minimum Gasteiger partial charge on any atom is -0.333 e. The molecule has 1 aromatic carbocycles. The largest absolute Gasteiger partial charge is 0.417 e. The summed E-state index contributed by atoms with van der Waals surface area (Å²) in [6.07, 6.45) is -3.77. The summed E-state index contributed by atoms with van der Waals surface area (Å²) in [7, 11) is 0. The van der Waals surface area contributed by atoms with Crippen molar-refractivity contribution in [3.63, 3.8) is 0 Å². The molecule has 120 valence electrons. The first-order chi connectivity index (χ1) is 10.7. The van der Waals surface area contributed by atoms with Crippen LogP contribution in [0.25, 0.3) is 11.0 Å². The number of rotatable bonds is 2. The zero-order valence-corrected chi connectivity index (χ0v) is 14.0. The first-order valence-corrected chi connectivity index (χ1v) is 7.94. The maximum atomic E-state index is 12.6. The SMILES string of the molecule is FC(F)(F)c1cnc(Sc2nc3cc(Cl)c(Cl)cc3[nH]2)c(Cl)c1. The molecule has 0 amide bonds. The smallest absolute Gasteiger partial charge is 0.333 e. The summed E-state index contributed by atoms with van der Waals surface area (Å²) < 4.78 is 37.8. The Balaban J connectivity index is 1.93. The van der Waals surface area contributed by atoms with Gasteiger partial charge < -0.3 is 4.98 Å². The van der Waals surface area contributed by atoms with Gasteiger partial charge in [0.2, 0.25) is 0 Å². The molecule has 0 bridgehead atoms. The van der Waals surface area contributed by atoms with E-state index in [2.05, 4.69) is 15.0 Å². The predicted molar refractivity (Wildman–Crippen MR) is 84.5 cm³/mol. The van der Waals surface area contributed by atoms with Crippen LogP contribution in [0.4, 0.5) is 13.2 Å². The van der Waals surface area contributed by atoms with Crippen LogP contribution in [0.1, 0.15) is 5.56 Å². The number of imidazole rings is 1. The summed E-state index contributed by atoms with van der Waals surface area (Å²) in [6.45, 7) is 0. The van der Waals surface area contributed by atoms with Gasteiger partial charge in [-0.15, -0.1) is 0 Å². The van der Waals surface area contributed by atoms with Gasteiger partial charge in [-0.25, -0.2) is 9.97 Å². The van der Waals surface area contributed by atoms with Gasteiger partial charge in [0.1, 0.15) is 5.03 Å². The van der Waals surface area contributed by atoms with Crippen LogP contribution in [0.3, 0.4) is 0 Å². The van der Waals surface area contributed by atoms with Gasteiger partial charge >= 0.3 is 6.18 Å². The van der Waals surface area contributed by atoms with E-state index < -0.39 is 11.7 Å². The quantitative estimate of drug-likeness (QED) is 0.568. The van der Waals surface area contributed by atoms with Crippen molar-refractivity contribution in [1.29, 1.82) is 0 Å². The Hall–Kier alpha value is -1.15. The molecule has 2 heterocycles. The predicted octanol–water partition coefficient (Wildman–Crippen LogP) is 6.09. The molecule has 3 nitrogen and oxygen atoms in total. The van der Waals surface area contributed by atoms with Crippen LogP contribution in [0.5, 0.6) is 0 Å². The van der Waals surface area contributed by atoms with Crippen LogP contribution >= 0.6 is 46.6 Å². The van der Waals surface area contributed by atoms with Gasteiger partial charge in [0.15, 0.2) is 5.16 Å². The molecule has 0 aliphatic carbocycles. The second-order valence-corrected chi connectivity index (χ2v) is 6.64. The number of aromatic amines is 1. The van der Waals surface area contributed by atoms with E-state index in [9.17, 15) is 13.2 Å². The average Bonchev–Trinajstić information content (AvgIpc) is 2.82. The number of halogens is 6. The number of nitrogens with zero attached hydrogens (tertiary/aromatic N) is 2. The third-order valence-electron chi connectivity index (χ3n) is 2.83. The zero-order chi connectivity index (χ0) is 16.8.